The Kier molecular flexibility index (Phi) is 19.6. The first-order valence-corrected chi connectivity index (χ1v) is 27.6. The van der Waals surface area contributed by atoms with Crippen LogP contribution in [0.4, 0.5) is 0 Å². The number of phenolic OH excluding ortho intramolecular Hbond substituents is 4. The van der Waals surface area contributed by atoms with Gasteiger partial charge in [-0.3, -0.25) is 0 Å². The highest BCUT2D eigenvalue weighted by Gasteiger charge is 2.31. The van der Waals surface area contributed by atoms with Crippen LogP contribution in [0.5, 0.6) is 23.0 Å². The van der Waals surface area contributed by atoms with Gasteiger partial charge in [-0.15, -0.1) is 0 Å². The second kappa shape index (κ2) is 24.3. The summed E-state index contributed by atoms with van der Waals surface area (Å²) in [5.41, 5.74) is 10.5. The van der Waals surface area contributed by atoms with Crippen LogP contribution in [0.15, 0.2) is 48.5 Å². The van der Waals surface area contributed by atoms with Gasteiger partial charge in [0.1, 0.15) is 23.0 Å². The smallest absolute Gasteiger partial charge is 0.122 e. The van der Waals surface area contributed by atoms with Crippen LogP contribution in [0.1, 0.15) is 278 Å². The lowest BCUT2D eigenvalue weighted by Gasteiger charge is -2.30. The molecule has 4 heteroatoms. The highest BCUT2D eigenvalue weighted by atomic mass is 16.3. The molecule has 4 N–H and O–H groups in total. The summed E-state index contributed by atoms with van der Waals surface area (Å²) in [5.74, 6) is 0.969. The molecule has 0 saturated carbocycles. The zero-order valence-corrected chi connectivity index (χ0v) is 45.4. The largest absolute Gasteiger partial charge is 0.507 e. The predicted molar refractivity (Wildman–Crippen MR) is 291 cm³/mol. The summed E-state index contributed by atoms with van der Waals surface area (Å²) in [6, 6.07) is 17.6. The molecule has 1 aliphatic carbocycles. The lowest BCUT2D eigenvalue weighted by Crippen LogP contribution is -2.20. The molecule has 0 unspecified atom stereocenters. The molecule has 0 aromatic heterocycles. The molecule has 0 spiro atoms. The summed E-state index contributed by atoms with van der Waals surface area (Å²) in [4.78, 5) is 0. The van der Waals surface area contributed by atoms with Crippen LogP contribution in [0, 0.1) is 0 Å². The molecule has 0 saturated heterocycles. The number of hydrogen-bond acceptors (Lipinski definition) is 4. The van der Waals surface area contributed by atoms with E-state index in [0.29, 0.717) is 25.7 Å². The predicted octanol–water partition coefficient (Wildman–Crippen LogP) is 18.2. The van der Waals surface area contributed by atoms with Crippen molar-refractivity contribution in [1.29, 1.82) is 0 Å². The van der Waals surface area contributed by atoms with Gasteiger partial charge in [0.05, 0.1) is 0 Å². The number of hydrogen-bond donors (Lipinski definition) is 4. The second-order valence-corrected chi connectivity index (χ2v) is 24.1. The number of unbranched alkanes of at least 4 members (excludes halogenated alkanes) is 12. The third-order valence-electron chi connectivity index (χ3n) is 16.3. The van der Waals surface area contributed by atoms with E-state index in [1.807, 2.05) is 0 Å². The Bertz CT molecular complexity index is 1840. The molecule has 4 aromatic carbocycles. The molecule has 376 valence electrons. The fraction of sp³-hybridized carbons (Fsp3) is 0.625. The van der Waals surface area contributed by atoms with Gasteiger partial charge in [0, 0.05) is 25.7 Å². The van der Waals surface area contributed by atoms with Gasteiger partial charge in [-0.25, -0.2) is 0 Å². The Morgan fingerprint density at radius 2 is 0.441 bits per heavy atom. The van der Waals surface area contributed by atoms with Gasteiger partial charge in [-0.1, -0.05) is 234 Å². The van der Waals surface area contributed by atoms with Crippen LogP contribution >= 0.6 is 0 Å². The van der Waals surface area contributed by atoms with Gasteiger partial charge in [0.2, 0.25) is 0 Å². The van der Waals surface area contributed by atoms with Gasteiger partial charge >= 0.3 is 0 Å². The molecule has 0 fully saturated rings. The van der Waals surface area contributed by atoms with E-state index in [-0.39, 0.29) is 44.7 Å². The molecule has 0 radical (unpaired) electrons. The van der Waals surface area contributed by atoms with E-state index in [4.69, 9.17) is 0 Å². The number of phenols is 4. The van der Waals surface area contributed by atoms with E-state index in [9.17, 15) is 20.4 Å². The number of benzene rings is 4. The van der Waals surface area contributed by atoms with Crippen molar-refractivity contribution in [3.05, 3.63) is 115 Å². The molecule has 4 nitrogen and oxygen atoms in total. The van der Waals surface area contributed by atoms with Crippen LogP contribution in [0.2, 0.25) is 0 Å². The standard InChI is InChI=1S/C64H96O4/c1-13-17-21-25-29-61(5,6)53-37-45-33-47-39-54(62(7,8)30-26-22-18-14-2)41-49(58(47)66)35-51-43-56(64(11,12)32-28-24-20-16-4)44-52(60(51)68)36-50-42-55(63(9,10)31-27-23-19-15-3)40-48(59(50)67)34-46(38-53)57(45)65/h37-44,65-68H,13-36H2,1-12H3. The van der Waals surface area contributed by atoms with E-state index in [0.717, 1.165) is 95.9 Å². The average Bonchev–Trinajstić information content (AvgIpc) is 3.28. The highest BCUT2D eigenvalue weighted by molar-refractivity contribution is 5.59. The number of fused-ring (bicyclic) bond motifs is 8. The quantitative estimate of drug-likeness (QED) is 0.0465. The fourth-order valence-electron chi connectivity index (χ4n) is 11.1. The van der Waals surface area contributed by atoms with E-state index in [1.54, 1.807) is 0 Å². The SMILES string of the molecule is CCCCCCC(C)(C)c1cc2c(O)c(c1)Cc1cc(C(C)(C)CCCCCC)cc(c1O)Cc1cc(C(C)(C)CCCCCC)cc(c1O)Cc1cc(C(C)(C)CCCCCC)cc(c1O)C2. The summed E-state index contributed by atoms with van der Waals surface area (Å²) in [5, 5.41) is 50.3. The minimum Gasteiger partial charge on any atom is -0.507 e. The highest BCUT2D eigenvalue weighted by Crippen LogP contribution is 2.45. The molecule has 0 aliphatic heterocycles. The molecular weight excluding hydrogens is 833 g/mol. The Hall–Kier alpha value is -3.92. The third kappa shape index (κ3) is 14.1. The van der Waals surface area contributed by atoms with Crippen molar-refractivity contribution in [2.75, 3.05) is 0 Å². The summed E-state index contributed by atoms with van der Waals surface area (Å²) < 4.78 is 0. The molecule has 0 atom stereocenters. The first kappa shape index (κ1) is 55.0. The van der Waals surface area contributed by atoms with Crippen LogP contribution < -0.4 is 0 Å². The van der Waals surface area contributed by atoms with Gasteiger partial charge in [-0.2, -0.15) is 0 Å². The van der Waals surface area contributed by atoms with Crippen LogP contribution in [0.25, 0.3) is 0 Å². The average molecular weight is 929 g/mol. The van der Waals surface area contributed by atoms with Crippen molar-refractivity contribution in [2.24, 2.45) is 0 Å². The normalized spacial score (nSPS) is 13.6. The molecule has 0 heterocycles. The molecule has 8 bridgehead atoms. The van der Waals surface area contributed by atoms with E-state index >= 15 is 0 Å². The molecule has 1 aliphatic rings. The lowest BCUT2D eigenvalue weighted by molar-refractivity contribution is 0.433. The zero-order valence-electron chi connectivity index (χ0n) is 45.4. The summed E-state index contributed by atoms with van der Waals surface area (Å²) in [6.45, 7) is 27.7. The van der Waals surface area contributed by atoms with Gasteiger partial charge in [0.25, 0.3) is 0 Å². The topological polar surface area (TPSA) is 80.9 Å². The minimum atomic E-state index is -0.154. The van der Waals surface area contributed by atoms with Crippen molar-refractivity contribution < 1.29 is 20.4 Å². The Balaban J connectivity index is 1.82. The minimum absolute atomic E-state index is 0.154. The maximum atomic E-state index is 12.6. The summed E-state index contributed by atoms with van der Waals surface area (Å²) in [7, 11) is 0. The first-order valence-electron chi connectivity index (χ1n) is 27.6. The van der Waals surface area contributed by atoms with E-state index in [2.05, 4.69) is 132 Å². The summed E-state index contributed by atoms with van der Waals surface area (Å²) >= 11 is 0. The molecule has 5 rings (SSSR count). The number of aromatic hydroxyl groups is 4. The van der Waals surface area contributed by atoms with Gasteiger partial charge < -0.3 is 20.4 Å². The van der Waals surface area contributed by atoms with Crippen molar-refractivity contribution in [3.63, 3.8) is 0 Å². The van der Waals surface area contributed by atoms with Crippen LogP contribution in [-0.4, -0.2) is 20.4 Å². The molecule has 0 amide bonds. The van der Waals surface area contributed by atoms with Gasteiger partial charge in [-0.05, 0) is 114 Å². The van der Waals surface area contributed by atoms with Gasteiger partial charge in [0.15, 0.2) is 0 Å². The fourth-order valence-corrected chi connectivity index (χ4v) is 11.1. The van der Waals surface area contributed by atoms with Crippen molar-refractivity contribution in [1.82, 2.24) is 0 Å². The summed E-state index contributed by atoms with van der Waals surface area (Å²) in [6.07, 6.45) is 24.6. The first-order chi connectivity index (χ1) is 32.2. The van der Waals surface area contributed by atoms with Crippen molar-refractivity contribution in [2.45, 2.75) is 259 Å². The molecular formula is C64H96O4. The monoisotopic (exact) mass is 929 g/mol. The Labute approximate surface area is 415 Å². The van der Waals surface area contributed by atoms with E-state index < -0.39 is 0 Å². The zero-order chi connectivity index (χ0) is 49.9. The maximum Gasteiger partial charge on any atom is 0.122 e. The maximum absolute atomic E-state index is 12.6. The lowest BCUT2D eigenvalue weighted by atomic mass is 9.75. The van der Waals surface area contributed by atoms with Crippen molar-refractivity contribution >= 4 is 0 Å². The van der Waals surface area contributed by atoms with E-state index in [1.165, 1.54) is 99.3 Å². The third-order valence-corrected chi connectivity index (χ3v) is 16.3. The Morgan fingerprint density at radius 3 is 0.588 bits per heavy atom. The van der Waals surface area contributed by atoms with Crippen LogP contribution in [0.3, 0.4) is 0 Å². The molecule has 4 aromatic rings. The Morgan fingerprint density at radius 1 is 0.279 bits per heavy atom. The number of rotatable bonds is 24. The van der Waals surface area contributed by atoms with Crippen molar-refractivity contribution in [3.8, 4) is 23.0 Å². The molecule has 68 heavy (non-hydrogen) atoms. The van der Waals surface area contributed by atoms with Crippen LogP contribution in [-0.2, 0) is 47.3 Å². The second-order valence-electron chi connectivity index (χ2n) is 24.1.